The maximum Gasteiger partial charge on any atom is 0.253 e. The van der Waals surface area contributed by atoms with Gasteiger partial charge in [-0.15, -0.1) is 0 Å². The van der Waals surface area contributed by atoms with Gasteiger partial charge in [-0.2, -0.15) is 0 Å². The van der Waals surface area contributed by atoms with Crippen molar-refractivity contribution in [3.8, 4) is 0 Å². The normalized spacial score (nSPS) is 21.3. The molecule has 1 atom stereocenters. The summed E-state index contributed by atoms with van der Waals surface area (Å²) in [6.07, 6.45) is 0. The molecule has 2 heterocycles. The zero-order chi connectivity index (χ0) is 12.5. The van der Waals surface area contributed by atoms with E-state index < -0.39 is 0 Å². The van der Waals surface area contributed by atoms with Crippen molar-refractivity contribution in [1.82, 2.24) is 15.2 Å². The molecule has 3 rings (SSSR count). The van der Waals surface area contributed by atoms with Gasteiger partial charge in [-0.05, 0) is 24.6 Å². The van der Waals surface area contributed by atoms with Gasteiger partial charge in [0.15, 0.2) is 0 Å². The lowest BCUT2D eigenvalue weighted by Gasteiger charge is -2.30. The highest BCUT2D eigenvalue weighted by molar-refractivity contribution is 5.78. The number of hydrogen-bond donors (Lipinski definition) is 2. The fourth-order valence-electron chi connectivity index (χ4n) is 2.53. The Morgan fingerprint density at radius 3 is 3.00 bits per heavy atom. The quantitative estimate of drug-likeness (QED) is 0.788. The Balaban J connectivity index is 2.05. The molecule has 1 aliphatic heterocycles. The summed E-state index contributed by atoms with van der Waals surface area (Å²) in [6.45, 7) is 2.83. The number of benzene rings is 1. The maximum atomic E-state index is 12.1. The van der Waals surface area contributed by atoms with E-state index in [4.69, 9.17) is 0 Å². The SMILES string of the molecule is CN1CCNC(c2cc3ccccc3[nH]c2=O)C1. The molecule has 1 unspecified atom stereocenters. The van der Waals surface area contributed by atoms with Gasteiger partial charge in [-0.25, -0.2) is 0 Å². The summed E-state index contributed by atoms with van der Waals surface area (Å²) in [4.78, 5) is 17.3. The van der Waals surface area contributed by atoms with Crippen LogP contribution in [-0.2, 0) is 0 Å². The second kappa shape index (κ2) is 4.55. The molecule has 1 aromatic carbocycles. The van der Waals surface area contributed by atoms with Gasteiger partial charge >= 0.3 is 0 Å². The second-order valence-electron chi connectivity index (χ2n) is 4.91. The van der Waals surface area contributed by atoms with Gasteiger partial charge in [0.1, 0.15) is 0 Å². The smallest absolute Gasteiger partial charge is 0.253 e. The molecule has 2 N–H and O–H groups in total. The van der Waals surface area contributed by atoms with E-state index >= 15 is 0 Å². The van der Waals surface area contributed by atoms with Gasteiger partial charge in [0, 0.05) is 30.7 Å². The van der Waals surface area contributed by atoms with E-state index in [0.29, 0.717) is 0 Å². The fraction of sp³-hybridized carbons (Fsp3) is 0.357. The molecule has 1 saturated heterocycles. The highest BCUT2D eigenvalue weighted by Gasteiger charge is 2.20. The van der Waals surface area contributed by atoms with Crippen molar-refractivity contribution < 1.29 is 0 Å². The zero-order valence-electron chi connectivity index (χ0n) is 10.4. The molecule has 2 aromatic rings. The van der Waals surface area contributed by atoms with Crippen molar-refractivity contribution in [1.29, 1.82) is 0 Å². The van der Waals surface area contributed by atoms with E-state index in [1.165, 1.54) is 0 Å². The molecule has 4 heteroatoms. The first-order valence-corrected chi connectivity index (χ1v) is 6.28. The Morgan fingerprint density at radius 1 is 1.33 bits per heavy atom. The number of para-hydroxylation sites is 1. The predicted molar refractivity (Wildman–Crippen MR) is 72.8 cm³/mol. The largest absolute Gasteiger partial charge is 0.322 e. The topological polar surface area (TPSA) is 48.1 Å². The maximum absolute atomic E-state index is 12.1. The van der Waals surface area contributed by atoms with Crippen LogP contribution in [0.1, 0.15) is 11.6 Å². The van der Waals surface area contributed by atoms with Crippen LogP contribution in [0.15, 0.2) is 35.1 Å². The number of H-pyrrole nitrogens is 1. The molecule has 0 amide bonds. The molecule has 0 spiro atoms. The Hall–Kier alpha value is -1.65. The summed E-state index contributed by atoms with van der Waals surface area (Å²) < 4.78 is 0. The Morgan fingerprint density at radius 2 is 2.17 bits per heavy atom. The lowest BCUT2D eigenvalue weighted by atomic mass is 10.0. The van der Waals surface area contributed by atoms with Crippen molar-refractivity contribution in [2.75, 3.05) is 26.7 Å². The summed E-state index contributed by atoms with van der Waals surface area (Å²) in [5, 5.41) is 4.49. The lowest BCUT2D eigenvalue weighted by Crippen LogP contribution is -2.45. The van der Waals surface area contributed by atoms with Crippen molar-refractivity contribution in [2.45, 2.75) is 6.04 Å². The molecule has 4 nitrogen and oxygen atoms in total. The summed E-state index contributed by atoms with van der Waals surface area (Å²) in [5.41, 5.74) is 1.75. The van der Waals surface area contributed by atoms with Crippen molar-refractivity contribution in [2.24, 2.45) is 0 Å². The number of pyridine rings is 1. The van der Waals surface area contributed by atoms with Gasteiger partial charge in [0.05, 0.1) is 6.04 Å². The van der Waals surface area contributed by atoms with Crippen LogP contribution in [0, 0.1) is 0 Å². The van der Waals surface area contributed by atoms with Crippen LogP contribution in [-0.4, -0.2) is 36.6 Å². The predicted octanol–water partition coefficient (Wildman–Crippen LogP) is 1.10. The molecule has 1 aliphatic rings. The van der Waals surface area contributed by atoms with Gasteiger partial charge in [0.25, 0.3) is 5.56 Å². The summed E-state index contributed by atoms with van der Waals surface area (Å²) in [7, 11) is 2.09. The molecular formula is C14H17N3O. The summed E-state index contributed by atoms with van der Waals surface area (Å²) >= 11 is 0. The summed E-state index contributed by atoms with van der Waals surface area (Å²) in [5.74, 6) is 0. The van der Waals surface area contributed by atoms with Crippen molar-refractivity contribution in [3.63, 3.8) is 0 Å². The number of aromatic nitrogens is 1. The van der Waals surface area contributed by atoms with E-state index in [-0.39, 0.29) is 11.6 Å². The lowest BCUT2D eigenvalue weighted by molar-refractivity contribution is 0.240. The number of nitrogens with one attached hydrogen (secondary N) is 2. The Bertz CT molecular complexity index is 620. The van der Waals surface area contributed by atoms with Crippen LogP contribution < -0.4 is 10.9 Å². The highest BCUT2D eigenvalue weighted by atomic mass is 16.1. The van der Waals surface area contributed by atoms with Crippen molar-refractivity contribution >= 4 is 10.9 Å². The molecule has 1 aromatic heterocycles. The van der Waals surface area contributed by atoms with Gasteiger partial charge in [-0.1, -0.05) is 18.2 Å². The molecule has 0 aliphatic carbocycles. The third kappa shape index (κ3) is 2.05. The molecule has 94 valence electrons. The van der Waals surface area contributed by atoms with Gasteiger partial charge in [-0.3, -0.25) is 4.79 Å². The van der Waals surface area contributed by atoms with E-state index in [2.05, 4.69) is 22.2 Å². The van der Waals surface area contributed by atoms with E-state index in [1.54, 1.807) is 0 Å². The number of fused-ring (bicyclic) bond motifs is 1. The number of nitrogens with zero attached hydrogens (tertiary/aromatic N) is 1. The Labute approximate surface area is 106 Å². The fourth-order valence-corrected chi connectivity index (χ4v) is 2.53. The van der Waals surface area contributed by atoms with Crippen LogP contribution in [0.5, 0.6) is 0 Å². The number of piperazine rings is 1. The summed E-state index contributed by atoms with van der Waals surface area (Å²) in [6, 6.07) is 10.0. The van der Waals surface area contributed by atoms with E-state index in [1.807, 2.05) is 30.3 Å². The van der Waals surface area contributed by atoms with Crippen LogP contribution in [0.2, 0.25) is 0 Å². The molecule has 0 saturated carbocycles. The average molecular weight is 243 g/mol. The first-order valence-electron chi connectivity index (χ1n) is 6.28. The van der Waals surface area contributed by atoms with Gasteiger partial charge in [0.2, 0.25) is 0 Å². The van der Waals surface area contributed by atoms with Crippen molar-refractivity contribution in [3.05, 3.63) is 46.2 Å². The first kappa shape index (κ1) is 11.4. The second-order valence-corrected chi connectivity index (χ2v) is 4.91. The van der Waals surface area contributed by atoms with E-state index in [0.717, 1.165) is 36.1 Å². The average Bonchev–Trinajstić information content (AvgIpc) is 2.38. The monoisotopic (exact) mass is 243 g/mol. The number of aromatic amines is 1. The standard InChI is InChI=1S/C14H17N3O/c1-17-7-6-15-13(9-17)11-8-10-4-2-3-5-12(10)16-14(11)18/h2-5,8,13,15H,6-7,9H2,1H3,(H,16,18). The molecule has 18 heavy (non-hydrogen) atoms. The first-order chi connectivity index (χ1) is 8.74. The van der Waals surface area contributed by atoms with Crippen LogP contribution in [0.25, 0.3) is 10.9 Å². The molecular weight excluding hydrogens is 226 g/mol. The number of likely N-dealkylation sites (N-methyl/N-ethyl adjacent to an activating group) is 1. The molecule has 1 fully saturated rings. The highest BCUT2D eigenvalue weighted by Crippen LogP contribution is 2.17. The third-order valence-corrected chi connectivity index (χ3v) is 3.54. The zero-order valence-corrected chi connectivity index (χ0v) is 10.4. The van der Waals surface area contributed by atoms with E-state index in [9.17, 15) is 4.79 Å². The minimum atomic E-state index is 0.0153. The minimum Gasteiger partial charge on any atom is -0.322 e. The molecule has 0 bridgehead atoms. The Kier molecular flexibility index (Phi) is 2.89. The minimum absolute atomic E-state index is 0.0153. The third-order valence-electron chi connectivity index (χ3n) is 3.54. The van der Waals surface area contributed by atoms with Gasteiger partial charge < -0.3 is 15.2 Å². The molecule has 0 radical (unpaired) electrons. The van der Waals surface area contributed by atoms with Crippen LogP contribution >= 0.6 is 0 Å². The number of hydrogen-bond acceptors (Lipinski definition) is 3. The number of rotatable bonds is 1. The van der Waals surface area contributed by atoms with Crippen LogP contribution in [0.3, 0.4) is 0 Å². The van der Waals surface area contributed by atoms with Crippen LogP contribution in [0.4, 0.5) is 0 Å².